The van der Waals surface area contributed by atoms with E-state index in [0.29, 0.717) is 19.3 Å². The van der Waals surface area contributed by atoms with E-state index < -0.39 is 12.1 Å². The number of carbonyl (C=O) groups excluding carboxylic acids is 3. The lowest BCUT2D eigenvalue weighted by atomic mass is 10.1. The lowest BCUT2D eigenvalue weighted by Gasteiger charge is -2.18. The molecule has 1 unspecified atom stereocenters. The molecule has 1 atom stereocenters. The van der Waals surface area contributed by atoms with Crippen molar-refractivity contribution in [2.45, 2.75) is 194 Å². The maximum absolute atomic E-state index is 12.7. The first-order valence-corrected chi connectivity index (χ1v) is 25.3. The molecule has 0 aromatic rings. The molecule has 0 aliphatic rings. The fraction of sp³-hybridized carbons (Fsp3) is 0.542. The van der Waals surface area contributed by atoms with Crippen LogP contribution in [0, 0.1) is 0 Å². The predicted molar refractivity (Wildman–Crippen MR) is 279 cm³/mol. The van der Waals surface area contributed by atoms with Crippen molar-refractivity contribution in [2.75, 3.05) is 13.2 Å². The summed E-state index contributed by atoms with van der Waals surface area (Å²) in [6, 6.07) is 0. The van der Waals surface area contributed by atoms with E-state index in [1.807, 2.05) is 6.08 Å². The second-order valence-corrected chi connectivity index (χ2v) is 16.0. The molecule has 0 bridgehead atoms. The van der Waals surface area contributed by atoms with E-state index in [0.717, 1.165) is 116 Å². The molecular formula is C59H90O6. The van der Waals surface area contributed by atoms with Crippen molar-refractivity contribution in [1.29, 1.82) is 0 Å². The first-order valence-electron chi connectivity index (χ1n) is 25.3. The third kappa shape index (κ3) is 50.2. The molecule has 0 aromatic heterocycles. The van der Waals surface area contributed by atoms with Gasteiger partial charge in [-0.15, -0.1) is 0 Å². The zero-order valence-corrected chi connectivity index (χ0v) is 41.2. The summed E-state index contributed by atoms with van der Waals surface area (Å²) in [5.41, 5.74) is 0. The number of esters is 3. The molecule has 6 nitrogen and oxygen atoms in total. The number of ether oxygens (including phenoxy) is 3. The molecule has 0 aliphatic heterocycles. The molecule has 6 heteroatoms. The van der Waals surface area contributed by atoms with E-state index >= 15 is 0 Å². The van der Waals surface area contributed by atoms with Crippen LogP contribution in [-0.2, 0) is 28.6 Å². The number of carbonyl (C=O) groups is 3. The predicted octanol–water partition coefficient (Wildman–Crippen LogP) is 16.9. The van der Waals surface area contributed by atoms with Gasteiger partial charge in [-0.25, -0.2) is 0 Å². The SMILES string of the molecule is CC/C=C\C/C=C\C/C=C\C/C=C\C/C=C\C/C=C\C/C=C\CCCCCC(=O)OCC(COC(=O)CCCCCCCCC)OC(=O)C/C=C\C/C=C\C/C=C\C/C=C\C/C=C\CC. The average molecular weight is 895 g/mol. The van der Waals surface area contributed by atoms with Crippen molar-refractivity contribution in [3.05, 3.63) is 146 Å². The van der Waals surface area contributed by atoms with Crippen LogP contribution in [0.4, 0.5) is 0 Å². The van der Waals surface area contributed by atoms with Gasteiger partial charge in [0.1, 0.15) is 13.2 Å². The number of allylic oxidation sites excluding steroid dienone is 23. The summed E-state index contributed by atoms with van der Waals surface area (Å²) >= 11 is 0. The van der Waals surface area contributed by atoms with Gasteiger partial charge in [-0.2, -0.15) is 0 Å². The fourth-order valence-corrected chi connectivity index (χ4v) is 6.14. The first kappa shape index (κ1) is 60.3. The minimum absolute atomic E-state index is 0.0831. The fourth-order valence-electron chi connectivity index (χ4n) is 6.14. The molecule has 0 spiro atoms. The second kappa shape index (κ2) is 51.9. The molecule has 0 rings (SSSR count). The van der Waals surface area contributed by atoms with Gasteiger partial charge in [0.05, 0.1) is 6.42 Å². The Kier molecular flexibility index (Phi) is 48.2. The number of unbranched alkanes of at least 4 members (excludes halogenated alkanes) is 9. The molecule has 0 amide bonds. The van der Waals surface area contributed by atoms with E-state index in [1.54, 1.807) is 6.08 Å². The van der Waals surface area contributed by atoms with Crippen molar-refractivity contribution in [2.24, 2.45) is 0 Å². The van der Waals surface area contributed by atoms with Gasteiger partial charge >= 0.3 is 17.9 Å². The van der Waals surface area contributed by atoms with E-state index in [9.17, 15) is 14.4 Å². The van der Waals surface area contributed by atoms with Crippen molar-refractivity contribution < 1.29 is 28.6 Å². The molecular weight excluding hydrogens is 805 g/mol. The van der Waals surface area contributed by atoms with Crippen LogP contribution in [0.5, 0.6) is 0 Å². The van der Waals surface area contributed by atoms with Gasteiger partial charge in [0.2, 0.25) is 0 Å². The third-order valence-electron chi connectivity index (χ3n) is 9.87. The van der Waals surface area contributed by atoms with Crippen LogP contribution in [0.1, 0.15) is 188 Å². The van der Waals surface area contributed by atoms with E-state index in [4.69, 9.17) is 14.2 Å². The summed E-state index contributed by atoms with van der Waals surface area (Å²) in [5, 5.41) is 0. The van der Waals surface area contributed by atoms with Crippen LogP contribution in [-0.4, -0.2) is 37.2 Å². The van der Waals surface area contributed by atoms with Gasteiger partial charge in [0, 0.05) is 12.8 Å². The Morgan fingerprint density at radius 1 is 0.338 bits per heavy atom. The topological polar surface area (TPSA) is 78.9 Å². The van der Waals surface area contributed by atoms with Crippen LogP contribution in [0.3, 0.4) is 0 Å². The van der Waals surface area contributed by atoms with Crippen molar-refractivity contribution in [3.63, 3.8) is 0 Å². The smallest absolute Gasteiger partial charge is 0.310 e. The molecule has 0 fully saturated rings. The molecule has 0 aromatic carbocycles. The van der Waals surface area contributed by atoms with Gasteiger partial charge in [-0.05, 0) is 103 Å². The Hall–Kier alpha value is -4.71. The highest BCUT2D eigenvalue weighted by Gasteiger charge is 2.19. The highest BCUT2D eigenvalue weighted by molar-refractivity contribution is 5.72. The third-order valence-corrected chi connectivity index (χ3v) is 9.87. The van der Waals surface area contributed by atoms with Crippen LogP contribution in [0.15, 0.2) is 146 Å². The Balaban J connectivity index is 4.43. The summed E-state index contributed by atoms with van der Waals surface area (Å²) in [6.07, 6.45) is 74.5. The highest BCUT2D eigenvalue weighted by atomic mass is 16.6. The molecule has 0 aliphatic carbocycles. The maximum Gasteiger partial charge on any atom is 0.310 e. The average Bonchev–Trinajstić information content (AvgIpc) is 3.30. The molecule has 0 radical (unpaired) electrons. The van der Waals surface area contributed by atoms with E-state index in [2.05, 4.69) is 154 Å². The quantitative estimate of drug-likeness (QED) is 0.0263. The van der Waals surface area contributed by atoms with Crippen LogP contribution < -0.4 is 0 Å². The zero-order chi connectivity index (χ0) is 47.2. The zero-order valence-electron chi connectivity index (χ0n) is 41.2. The van der Waals surface area contributed by atoms with Gasteiger partial charge in [-0.3, -0.25) is 14.4 Å². The second-order valence-electron chi connectivity index (χ2n) is 16.0. The summed E-state index contributed by atoms with van der Waals surface area (Å²) in [5.74, 6) is -1.12. The van der Waals surface area contributed by atoms with Crippen LogP contribution in [0.25, 0.3) is 0 Å². The molecule has 0 heterocycles. The number of rotatable bonds is 43. The van der Waals surface area contributed by atoms with Crippen LogP contribution >= 0.6 is 0 Å². The van der Waals surface area contributed by atoms with Crippen LogP contribution in [0.2, 0.25) is 0 Å². The molecule has 0 saturated heterocycles. The Bertz CT molecular complexity index is 1490. The van der Waals surface area contributed by atoms with Gasteiger partial charge in [-0.1, -0.05) is 212 Å². The summed E-state index contributed by atoms with van der Waals surface area (Å²) < 4.78 is 16.6. The van der Waals surface area contributed by atoms with E-state index in [1.165, 1.54) is 25.7 Å². The number of hydrogen-bond donors (Lipinski definition) is 0. The Morgan fingerprint density at radius 3 is 1.02 bits per heavy atom. The minimum Gasteiger partial charge on any atom is -0.462 e. The lowest BCUT2D eigenvalue weighted by molar-refractivity contribution is -0.166. The van der Waals surface area contributed by atoms with Crippen molar-refractivity contribution in [3.8, 4) is 0 Å². The van der Waals surface area contributed by atoms with E-state index in [-0.39, 0.29) is 31.6 Å². The highest BCUT2D eigenvalue weighted by Crippen LogP contribution is 2.11. The Labute approximate surface area is 397 Å². The first-order chi connectivity index (χ1) is 32.0. The number of hydrogen-bond acceptors (Lipinski definition) is 6. The molecule has 0 saturated carbocycles. The summed E-state index contributed by atoms with van der Waals surface area (Å²) in [4.78, 5) is 37.7. The van der Waals surface area contributed by atoms with Crippen molar-refractivity contribution in [1.82, 2.24) is 0 Å². The maximum atomic E-state index is 12.7. The normalized spacial score (nSPS) is 13.3. The minimum atomic E-state index is -0.849. The summed E-state index contributed by atoms with van der Waals surface area (Å²) in [6.45, 7) is 6.22. The van der Waals surface area contributed by atoms with Crippen molar-refractivity contribution >= 4 is 17.9 Å². The largest absolute Gasteiger partial charge is 0.462 e. The van der Waals surface area contributed by atoms with Gasteiger partial charge in [0.25, 0.3) is 0 Å². The molecule has 0 N–H and O–H groups in total. The monoisotopic (exact) mass is 895 g/mol. The summed E-state index contributed by atoms with van der Waals surface area (Å²) in [7, 11) is 0. The standard InChI is InChI=1S/C59H90O6/c1-4-7-10-13-16-18-20-22-24-25-26-27-28-29-30-31-32-33-35-36-38-40-43-46-49-52-58(61)64-55-56(54-63-57(60)51-48-45-42-15-12-9-6-3)65-59(62)53-50-47-44-41-39-37-34-23-21-19-17-14-11-8-5-2/h7-8,10-11,16-19,22-24,26-27,29-30,32-34,36,38-39,41,47,50,56H,4-6,9,12-15,20-21,25,28,31,35,37,40,42-46,48-49,51-55H2,1-3H3/b10-7-,11-8-,18-16-,19-17-,24-22-,27-26-,30-29-,33-32-,34-23-,38-36-,41-39-,50-47-. The van der Waals surface area contributed by atoms with Gasteiger partial charge < -0.3 is 14.2 Å². The lowest BCUT2D eigenvalue weighted by Crippen LogP contribution is -2.30. The molecule has 65 heavy (non-hydrogen) atoms. The molecule has 362 valence electrons. The van der Waals surface area contributed by atoms with Gasteiger partial charge in [0.15, 0.2) is 6.10 Å². The Morgan fingerprint density at radius 2 is 0.646 bits per heavy atom.